The fourth-order valence-electron chi connectivity index (χ4n) is 1.99. The van der Waals surface area contributed by atoms with Crippen LogP contribution in [0.3, 0.4) is 0 Å². The summed E-state index contributed by atoms with van der Waals surface area (Å²) < 4.78 is 5.04. The van der Waals surface area contributed by atoms with Gasteiger partial charge in [-0.25, -0.2) is 4.79 Å². The van der Waals surface area contributed by atoms with Gasteiger partial charge in [-0.05, 0) is 37.0 Å². The van der Waals surface area contributed by atoms with Crippen LogP contribution < -0.4 is 5.56 Å². The summed E-state index contributed by atoms with van der Waals surface area (Å²) in [6.45, 7) is 0.288. The van der Waals surface area contributed by atoms with Gasteiger partial charge in [0.2, 0.25) is 0 Å². The van der Waals surface area contributed by atoms with E-state index in [1.165, 1.54) is 6.07 Å². The van der Waals surface area contributed by atoms with E-state index in [2.05, 4.69) is 4.98 Å². The van der Waals surface area contributed by atoms with Crippen molar-refractivity contribution >= 4 is 28.5 Å². The van der Waals surface area contributed by atoms with Crippen molar-refractivity contribution in [1.29, 1.82) is 0 Å². The summed E-state index contributed by atoms with van der Waals surface area (Å²) in [4.78, 5) is 26.3. The number of aromatic amines is 1. The molecular weight excluding hydrogens is 282 g/mol. The van der Waals surface area contributed by atoms with Gasteiger partial charge in [0, 0.05) is 10.4 Å². The van der Waals surface area contributed by atoms with Gasteiger partial charge in [-0.15, -0.1) is 0 Å². The zero-order chi connectivity index (χ0) is 14.3. The maximum atomic E-state index is 11.9. The predicted octanol–water partition coefficient (Wildman–Crippen LogP) is 2.45. The largest absolute Gasteiger partial charge is 0.506 e. The molecule has 0 saturated heterocycles. The zero-order valence-corrected chi connectivity index (χ0v) is 11.2. The lowest BCUT2D eigenvalue weighted by Crippen LogP contribution is -2.20. The van der Waals surface area contributed by atoms with Gasteiger partial charge in [0.25, 0.3) is 5.56 Å². The Bertz CT molecular complexity index is 749. The van der Waals surface area contributed by atoms with Crippen molar-refractivity contribution in [3.05, 3.63) is 39.1 Å². The van der Waals surface area contributed by atoms with Crippen molar-refractivity contribution in [1.82, 2.24) is 4.98 Å². The molecule has 0 amide bonds. The van der Waals surface area contributed by atoms with Crippen LogP contribution in [-0.4, -0.2) is 22.7 Å². The monoisotopic (exact) mass is 293 g/mol. The smallest absolute Gasteiger partial charge is 0.347 e. The third-order valence-electron chi connectivity index (χ3n) is 3.30. The van der Waals surface area contributed by atoms with E-state index >= 15 is 0 Å². The number of ether oxygens (including phenoxy) is 1. The van der Waals surface area contributed by atoms with Crippen LogP contribution >= 0.6 is 11.6 Å². The molecule has 1 aliphatic rings. The van der Waals surface area contributed by atoms with Gasteiger partial charge in [0.05, 0.1) is 12.1 Å². The van der Waals surface area contributed by atoms with Crippen molar-refractivity contribution in [2.45, 2.75) is 12.8 Å². The van der Waals surface area contributed by atoms with E-state index < -0.39 is 11.5 Å². The van der Waals surface area contributed by atoms with Gasteiger partial charge < -0.3 is 14.8 Å². The number of nitrogens with one attached hydrogen (secondary N) is 1. The van der Waals surface area contributed by atoms with Crippen molar-refractivity contribution in [2.24, 2.45) is 5.92 Å². The number of fused-ring (bicyclic) bond motifs is 1. The second kappa shape index (κ2) is 4.83. The first-order valence-corrected chi connectivity index (χ1v) is 6.65. The Hall–Kier alpha value is -2.01. The maximum absolute atomic E-state index is 11.9. The molecule has 2 N–H and O–H groups in total. The Morgan fingerprint density at radius 3 is 2.90 bits per heavy atom. The van der Waals surface area contributed by atoms with Crippen LogP contribution in [0.15, 0.2) is 23.0 Å². The molecule has 0 atom stereocenters. The Morgan fingerprint density at radius 2 is 2.20 bits per heavy atom. The van der Waals surface area contributed by atoms with Gasteiger partial charge in [0.1, 0.15) is 5.75 Å². The number of aromatic hydroxyl groups is 1. The zero-order valence-electron chi connectivity index (χ0n) is 10.5. The number of aromatic nitrogens is 1. The Kier molecular flexibility index (Phi) is 3.14. The Morgan fingerprint density at radius 1 is 1.45 bits per heavy atom. The average molecular weight is 294 g/mol. The predicted molar refractivity (Wildman–Crippen MR) is 74.3 cm³/mol. The minimum Gasteiger partial charge on any atom is -0.506 e. The quantitative estimate of drug-likeness (QED) is 0.852. The number of pyridine rings is 1. The number of H-pyrrole nitrogens is 1. The van der Waals surface area contributed by atoms with Crippen LogP contribution in [0.2, 0.25) is 5.02 Å². The number of halogens is 1. The van der Waals surface area contributed by atoms with E-state index in [0.29, 0.717) is 21.8 Å². The minimum absolute atomic E-state index is 0.288. The number of esters is 1. The van der Waals surface area contributed by atoms with Gasteiger partial charge in [-0.2, -0.15) is 0 Å². The normalized spacial score (nSPS) is 14.4. The average Bonchev–Trinajstić information content (AvgIpc) is 3.19. The summed E-state index contributed by atoms with van der Waals surface area (Å²) in [7, 11) is 0. The van der Waals surface area contributed by atoms with E-state index in [-0.39, 0.29) is 17.9 Å². The van der Waals surface area contributed by atoms with Gasteiger partial charge in [-0.3, -0.25) is 4.79 Å². The second-order valence-corrected chi connectivity index (χ2v) is 5.35. The van der Waals surface area contributed by atoms with Crippen LogP contribution in [-0.2, 0) is 4.74 Å². The molecule has 1 aliphatic carbocycles. The third kappa shape index (κ3) is 2.36. The highest BCUT2D eigenvalue weighted by Gasteiger charge is 2.26. The summed E-state index contributed by atoms with van der Waals surface area (Å²) in [5, 5.41) is 10.9. The number of hydrogen-bond donors (Lipinski definition) is 2. The highest BCUT2D eigenvalue weighted by Crippen LogP contribution is 2.30. The molecule has 0 bridgehead atoms. The van der Waals surface area contributed by atoms with Crippen molar-refractivity contribution in [2.75, 3.05) is 6.61 Å². The van der Waals surface area contributed by atoms with Crippen LogP contribution in [0.4, 0.5) is 0 Å². The minimum atomic E-state index is -0.799. The number of hydrogen-bond acceptors (Lipinski definition) is 4. The van der Waals surface area contributed by atoms with E-state index in [9.17, 15) is 14.7 Å². The summed E-state index contributed by atoms with van der Waals surface area (Å²) in [6.07, 6.45) is 2.07. The number of benzene rings is 1. The Balaban J connectivity index is 2.03. The van der Waals surface area contributed by atoms with Crippen LogP contribution in [0.25, 0.3) is 10.9 Å². The highest BCUT2D eigenvalue weighted by atomic mass is 35.5. The van der Waals surface area contributed by atoms with Crippen molar-refractivity contribution in [3.8, 4) is 5.75 Å². The molecule has 0 aliphatic heterocycles. The second-order valence-electron chi connectivity index (χ2n) is 4.91. The van der Waals surface area contributed by atoms with E-state index in [1.54, 1.807) is 12.1 Å². The Labute approximate surface area is 119 Å². The molecule has 1 aromatic heterocycles. The summed E-state index contributed by atoms with van der Waals surface area (Å²) >= 11 is 5.82. The van der Waals surface area contributed by atoms with Crippen LogP contribution in [0.1, 0.15) is 23.2 Å². The third-order valence-corrected chi connectivity index (χ3v) is 3.54. The highest BCUT2D eigenvalue weighted by molar-refractivity contribution is 6.31. The molecule has 0 unspecified atom stereocenters. The molecule has 1 heterocycles. The molecule has 6 heteroatoms. The summed E-state index contributed by atoms with van der Waals surface area (Å²) in [5.74, 6) is -0.784. The summed E-state index contributed by atoms with van der Waals surface area (Å²) in [6, 6.07) is 4.62. The topological polar surface area (TPSA) is 79.4 Å². The lowest BCUT2D eigenvalue weighted by molar-refractivity contribution is 0.0481. The lowest BCUT2D eigenvalue weighted by Gasteiger charge is -2.07. The van der Waals surface area contributed by atoms with Crippen molar-refractivity contribution in [3.63, 3.8) is 0 Å². The molecule has 0 spiro atoms. The van der Waals surface area contributed by atoms with Crippen LogP contribution in [0, 0.1) is 5.92 Å². The van der Waals surface area contributed by atoms with Gasteiger partial charge in [0.15, 0.2) is 5.56 Å². The van der Waals surface area contributed by atoms with Crippen LogP contribution in [0.5, 0.6) is 5.75 Å². The molecule has 1 aromatic carbocycles. The fraction of sp³-hybridized carbons (Fsp3) is 0.286. The molecular formula is C14H12ClNO4. The molecule has 104 valence electrons. The first-order valence-electron chi connectivity index (χ1n) is 6.28. The molecule has 20 heavy (non-hydrogen) atoms. The molecule has 2 aromatic rings. The summed E-state index contributed by atoms with van der Waals surface area (Å²) in [5.41, 5.74) is -0.669. The van der Waals surface area contributed by atoms with E-state index in [1.807, 2.05) is 0 Å². The maximum Gasteiger partial charge on any atom is 0.347 e. The molecule has 0 radical (unpaired) electrons. The van der Waals surface area contributed by atoms with E-state index in [4.69, 9.17) is 16.3 Å². The molecule has 1 saturated carbocycles. The van der Waals surface area contributed by atoms with E-state index in [0.717, 1.165) is 12.8 Å². The molecule has 3 rings (SSSR count). The standard InChI is InChI=1S/C14H12ClNO4/c15-8-3-4-9-10(5-8)16-13(18)11(12(9)17)14(19)20-6-7-1-2-7/h3-5,7H,1-2,6H2,(H2,16,17,18). The SMILES string of the molecule is O=C(OCC1CC1)c1c(O)c2ccc(Cl)cc2[nH]c1=O. The number of carbonyl (C=O) groups excluding carboxylic acids is 1. The number of carbonyl (C=O) groups is 1. The first kappa shape index (κ1) is 13.0. The lowest BCUT2D eigenvalue weighted by atomic mass is 10.1. The molecule has 5 nitrogen and oxygen atoms in total. The first-order chi connectivity index (χ1) is 9.56. The van der Waals surface area contributed by atoms with Crippen molar-refractivity contribution < 1.29 is 14.6 Å². The van der Waals surface area contributed by atoms with Gasteiger partial charge >= 0.3 is 5.97 Å². The molecule has 1 fully saturated rings. The number of rotatable bonds is 3. The fourth-order valence-corrected chi connectivity index (χ4v) is 2.17. The van der Waals surface area contributed by atoms with Gasteiger partial charge in [-0.1, -0.05) is 11.6 Å².